The van der Waals surface area contributed by atoms with Gasteiger partial charge in [-0.05, 0) is 57.0 Å². The fraction of sp³-hybridized carbons (Fsp3) is 0.292. The lowest BCUT2D eigenvalue weighted by Crippen LogP contribution is -2.20. The van der Waals surface area contributed by atoms with E-state index >= 15 is 0 Å². The minimum Gasteiger partial charge on any atom is -0.465 e. The first-order valence-electron chi connectivity index (χ1n) is 10.7. The van der Waals surface area contributed by atoms with Crippen molar-refractivity contribution in [3.8, 4) is 11.5 Å². The van der Waals surface area contributed by atoms with Gasteiger partial charge in [0.15, 0.2) is 5.16 Å². The number of thioether (sulfide) groups is 1. The normalized spacial score (nSPS) is 13.4. The summed E-state index contributed by atoms with van der Waals surface area (Å²) < 4.78 is 12.7. The van der Waals surface area contributed by atoms with E-state index in [4.69, 9.17) is 20.8 Å². The van der Waals surface area contributed by atoms with Crippen LogP contribution in [-0.4, -0.2) is 32.6 Å². The van der Waals surface area contributed by atoms with Crippen LogP contribution in [0.15, 0.2) is 44.7 Å². The molecule has 1 saturated carbocycles. The molecule has 0 aliphatic heterocycles. The minimum absolute atomic E-state index is 0.181. The molecule has 1 aromatic carbocycles. The van der Waals surface area contributed by atoms with Gasteiger partial charge in [-0.2, -0.15) is 4.98 Å². The molecular weight excluding hydrogens is 476 g/mol. The third-order valence-electron chi connectivity index (χ3n) is 5.61. The van der Waals surface area contributed by atoms with E-state index in [1.54, 1.807) is 25.1 Å². The van der Waals surface area contributed by atoms with Crippen LogP contribution in [0.2, 0.25) is 5.02 Å². The summed E-state index contributed by atoms with van der Waals surface area (Å²) in [6.45, 7) is 3.65. The van der Waals surface area contributed by atoms with Gasteiger partial charge in [0.25, 0.3) is 5.56 Å². The van der Waals surface area contributed by atoms with Crippen molar-refractivity contribution in [3.63, 3.8) is 0 Å². The van der Waals surface area contributed by atoms with Crippen molar-refractivity contribution in [1.82, 2.24) is 19.5 Å². The summed E-state index contributed by atoms with van der Waals surface area (Å²) in [6.07, 6.45) is 1.92. The Bertz CT molecular complexity index is 1480. The van der Waals surface area contributed by atoms with Gasteiger partial charge in [0.05, 0.1) is 23.8 Å². The standard InChI is InChI=1S/C24H21ClN4O4S/c1-12-10-17(23(31)32-3)19-20(26-12)29(16-8-9-16)24(28-21(19)30)34-11-18-13(2)33-22(27-18)14-4-6-15(25)7-5-14/h4-7,10,16H,8-9,11H2,1-3H3. The Labute approximate surface area is 204 Å². The molecule has 3 heterocycles. The summed E-state index contributed by atoms with van der Waals surface area (Å²) in [4.78, 5) is 38.9. The van der Waals surface area contributed by atoms with E-state index < -0.39 is 11.5 Å². The van der Waals surface area contributed by atoms with Crippen LogP contribution < -0.4 is 5.56 Å². The number of methoxy groups -OCH3 is 1. The van der Waals surface area contributed by atoms with Gasteiger partial charge in [0.1, 0.15) is 11.4 Å². The van der Waals surface area contributed by atoms with E-state index in [-0.39, 0.29) is 17.0 Å². The third kappa shape index (κ3) is 4.21. The van der Waals surface area contributed by atoms with Crippen molar-refractivity contribution < 1.29 is 13.9 Å². The number of hydrogen-bond acceptors (Lipinski definition) is 8. The SMILES string of the molecule is COC(=O)c1cc(C)nc2c1c(=O)nc(SCc1nc(-c3ccc(Cl)cc3)oc1C)n2C1CC1. The lowest BCUT2D eigenvalue weighted by Gasteiger charge is -2.15. The van der Waals surface area contributed by atoms with E-state index in [2.05, 4.69) is 15.0 Å². The third-order valence-corrected chi connectivity index (χ3v) is 6.83. The smallest absolute Gasteiger partial charge is 0.338 e. The van der Waals surface area contributed by atoms with Crippen LogP contribution >= 0.6 is 23.4 Å². The average molecular weight is 497 g/mol. The van der Waals surface area contributed by atoms with Gasteiger partial charge in [0, 0.05) is 28.1 Å². The molecule has 10 heteroatoms. The molecule has 0 radical (unpaired) electrons. The van der Waals surface area contributed by atoms with Gasteiger partial charge < -0.3 is 13.7 Å². The molecule has 4 aromatic rings. The van der Waals surface area contributed by atoms with E-state index in [1.165, 1.54) is 18.9 Å². The van der Waals surface area contributed by atoms with Crippen LogP contribution in [0.4, 0.5) is 0 Å². The summed E-state index contributed by atoms with van der Waals surface area (Å²) in [6, 6.07) is 9.03. The molecule has 34 heavy (non-hydrogen) atoms. The van der Waals surface area contributed by atoms with Crippen molar-refractivity contribution in [3.05, 3.63) is 68.4 Å². The first-order chi connectivity index (χ1) is 16.4. The summed E-state index contributed by atoms with van der Waals surface area (Å²) in [5.74, 6) is 1.09. The number of ether oxygens (including phenoxy) is 1. The quantitative estimate of drug-likeness (QED) is 0.206. The lowest BCUT2D eigenvalue weighted by atomic mass is 10.1. The van der Waals surface area contributed by atoms with Crippen molar-refractivity contribution >= 4 is 40.4 Å². The van der Waals surface area contributed by atoms with E-state index in [0.717, 1.165) is 24.1 Å². The van der Waals surface area contributed by atoms with Crippen LogP contribution in [0.25, 0.3) is 22.5 Å². The van der Waals surface area contributed by atoms with E-state index in [1.807, 2.05) is 23.6 Å². The maximum atomic E-state index is 13.0. The number of oxazole rings is 1. The topological polar surface area (TPSA) is 100 Å². The van der Waals surface area contributed by atoms with Crippen molar-refractivity contribution in [1.29, 1.82) is 0 Å². The Morgan fingerprint density at radius 2 is 1.94 bits per heavy atom. The molecule has 1 aliphatic rings. The van der Waals surface area contributed by atoms with Crippen molar-refractivity contribution in [2.24, 2.45) is 0 Å². The number of rotatable bonds is 6. The molecule has 8 nitrogen and oxygen atoms in total. The molecule has 5 rings (SSSR count). The average Bonchev–Trinajstić information content (AvgIpc) is 3.58. The second-order valence-corrected chi connectivity index (χ2v) is 9.50. The van der Waals surface area contributed by atoms with Gasteiger partial charge >= 0.3 is 5.97 Å². The largest absolute Gasteiger partial charge is 0.465 e. The first-order valence-corrected chi connectivity index (χ1v) is 12.1. The fourth-order valence-electron chi connectivity index (χ4n) is 3.77. The maximum absolute atomic E-state index is 13.0. The van der Waals surface area contributed by atoms with Crippen LogP contribution in [0, 0.1) is 13.8 Å². The molecule has 1 fully saturated rings. The molecule has 0 atom stereocenters. The van der Waals surface area contributed by atoms with Crippen molar-refractivity contribution in [2.45, 2.75) is 43.6 Å². The Balaban J connectivity index is 1.53. The predicted octanol–water partition coefficient (Wildman–Crippen LogP) is 5.13. The Hall–Kier alpha value is -3.17. The number of halogens is 1. The molecule has 174 valence electrons. The molecule has 0 saturated heterocycles. The number of aryl methyl sites for hydroxylation is 2. The number of esters is 1. The number of fused-ring (bicyclic) bond motifs is 1. The zero-order valence-corrected chi connectivity index (χ0v) is 20.4. The van der Waals surface area contributed by atoms with Gasteiger partial charge in [-0.3, -0.25) is 4.79 Å². The van der Waals surface area contributed by atoms with Gasteiger partial charge in [-0.15, -0.1) is 0 Å². The van der Waals surface area contributed by atoms with Crippen LogP contribution in [0.3, 0.4) is 0 Å². The monoisotopic (exact) mass is 496 g/mol. The summed E-state index contributed by atoms with van der Waals surface area (Å²) >= 11 is 7.38. The predicted molar refractivity (Wildman–Crippen MR) is 129 cm³/mol. The van der Waals surface area contributed by atoms with Crippen LogP contribution in [-0.2, 0) is 10.5 Å². The summed E-state index contributed by atoms with van der Waals surface area (Å²) in [7, 11) is 1.29. The Kier molecular flexibility index (Phi) is 5.91. The Morgan fingerprint density at radius 3 is 2.62 bits per heavy atom. The zero-order chi connectivity index (χ0) is 24.0. The number of nitrogens with zero attached hydrogens (tertiary/aromatic N) is 4. The van der Waals surface area contributed by atoms with E-state index in [0.29, 0.717) is 38.9 Å². The number of aromatic nitrogens is 4. The lowest BCUT2D eigenvalue weighted by molar-refractivity contribution is 0.0602. The minimum atomic E-state index is -0.579. The number of benzene rings is 1. The van der Waals surface area contributed by atoms with Crippen molar-refractivity contribution in [2.75, 3.05) is 7.11 Å². The molecule has 0 N–H and O–H groups in total. The highest BCUT2D eigenvalue weighted by Gasteiger charge is 2.30. The maximum Gasteiger partial charge on any atom is 0.338 e. The van der Waals surface area contributed by atoms with Crippen LogP contribution in [0.5, 0.6) is 0 Å². The van der Waals surface area contributed by atoms with Crippen LogP contribution in [0.1, 0.15) is 46.4 Å². The zero-order valence-electron chi connectivity index (χ0n) is 18.8. The number of pyridine rings is 1. The summed E-state index contributed by atoms with van der Waals surface area (Å²) in [5, 5.41) is 1.38. The highest BCUT2D eigenvalue weighted by atomic mass is 35.5. The highest BCUT2D eigenvalue weighted by molar-refractivity contribution is 7.98. The molecule has 3 aromatic heterocycles. The number of hydrogen-bond donors (Lipinski definition) is 0. The van der Waals surface area contributed by atoms with Gasteiger partial charge in [0.2, 0.25) is 5.89 Å². The second kappa shape index (κ2) is 8.88. The molecule has 0 amide bonds. The Morgan fingerprint density at radius 1 is 1.21 bits per heavy atom. The highest BCUT2D eigenvalue weighted by Crippen LogP contribution is 2.40. The molecule has 0 bridgehead atoms. The molecular formula is C24H21ClN4O4S. The summed E-state index contributed by atoms with van der Waals surface area (Å²) in [5.41, 5.74) is 2.37. The van der Waals surface area contributed by atoms with E-state index in [9.17, 15) is 9.59 Å². The molecule has 1 aliphatic carbocycles. The number of carbonyl (C=O) groups is 1. The fourth-order valence-corrected chi connectivity index (χ4v) is 4.96. The first kappa shape index (κ1) is 22.6. The number of carbonyl (C=O) groups excluding carboxylic acids is 1. The molecule has 0 spiro atoms. The van der Waals surface area contributed by atoms with Gasteiger partial charge in [-0.1, -0.05) is 23.4 Å². The van der Waals surface area contributed by atoms with Gasteiger partial charge in [-0.25, -0.2) is 14.8 Å². The second-order valence-electron chi connectivity index (χ2n) is 8.12. The molecule has 0 unspecified atom stereocenters.